The van der Waals surface area contributed by atoms with Crippen LogP contribution in [0.3, 0.4) is 0 Å². The van der Waals surface area contributed by atoms with Gasteiger partial charge >= 0.3 is 6.09 Å². The summed E-state index contributed by atoms with van der Waals surface area (Å²) in [6, 6.07) is 11.7. The van der Waals surface area contributed by atoms with Crippen molar-refractivity contribution in [1.29, 1.82) is 0 Å². The van der Waals surface area contributed by atoms with E-state index in [1.807, 2.05) is 64.3 Å². The maximum Gasteiger partial charge on any atom is 0.412 e. The molecule has 4 aliphatic rings. The number of sulfonamides is 1. The molecule has 2 aromatic carbocycles. The van der Waals surface area contributed by atoms with Gasteiger partial charge in [0.1, 0.15) is 24.2 Å². The van der Waals surface area contributed by atoms with Crippen LogP contribution >= 0.6 is 11.3 Å². The lowest BCUT2D eigenvalue weighted by atomic mass is 9.99. The monoisotopic (exact) mass is 743 g/mol. The number of amides is 1. The van der Waals surface area contributed by atoms with Crippen LogP contribution in [0.1, 0.15) is 50.4 Å². The molecule has 7 rings (SSSR count). The summed E-state index contributed by atoms with van der Waals surface area (Å²) in [5, 5.41) is 2.96. The maximum absolute atomic E-state index is 14.3. The van der Waals surface area contributed by atoms with E-state index in [2.05, 4.69) is 4.98 Å². The molecule has 0 spiro atoms. The van der Waals surface area contributed by atoms with Crippen LogP contribution in [0, 0.1) is 18.8 Å². The minimum Gasteiger partial charge on any atom is -0.487 e. The Labute approximate surface area is 302 Å². The number of hydrogen-bond donors (Lipinski definition) is 0. The second kappa shape index (κ2) is 14.5. The van der Waals surface area contributed by atoms with Crippen molar-refractivity contribution in [2.45, 2.75) is 89.2 Å². The minimum absolute atomic E-state index is 0.00611. The summed E-state index contributed by atoms with van der Waals surface area (Å²) in [6.07, 6.45) is -0.942. The predicted molar refractivity (Wildman–Crippen MR) is 186 cm³/mol. The molecule has 51 heavy (non-hydrogen) atoms. The summed E-state index contributed by atoms with van der Waals surface area (Å²) < 4.78 is 71.0. The van der Waals surface area contributed by atoms with E-state index in [4.69, 9.17) is 33.2 Å². The zero-order chi connectivity index (χ0) is 35.9. The number of nitrogens with zero attached hydrogens (tertiary/aromatic N) is 3. The van der Waals surface area contributed by atoms with E-state index < -0.39 is 40.1 Å². The summed E-state index contributed by atoms with van der Waals surface area (Å²) in [5.41, 5.74) is 0.676. The Balaban J connectivity index is 1.15. The van der Waals surface area contributed by atoms with Crippen LogP contribution in [-0.4, -0.2) is 92.1 Å². The molecule has 3 fully saturated rings. The van der Waals surface area contributed by atoms with Crippen LogP contribution in [0.25, 0.3) is 0 Å². The number of carbonyl (C=O) groups excluding carboxylic acids is 1. The lowest BCUT2D eigenvalue weighted by Crippen LogP contribution is -2.51. The molecule has 3 saturated heterocycles. The first kappa shape index (κ1) is 35.9. The van der Waals surface area contributed by atoms with Gasteiger partial charge in [0.15, 0.2) is 17.8 Å². The van der Waals surface area contributed by atoms with Crippen LogP contribution in [0.5, 0.6) is 17.2 Å². The lowest BCUT2D eigenvalue weighted by Gasteiger charge is -2.34. The molecule has 3 aromatic rings. The molecule has 0 N–H and O–H groups in total. The Morgan fingerprint density at radius 2 is 1.90 bits per heavy atom. The molecule has 1 aromatic heterocycles. The molecule has 5 atom stereocenters. The highest BCUT2D eigenvalue weighted by Crippen LogP contribution is 2.40. The third kappa shape index (κ3) is 7.69. The van der Waals surface area contributed by atoms with Crippen LogP contribution in [0.4, 0.5) is 4.79 Å². The normalized spacial score (nSPS) is 25.2. The Morgan fingerprint density at radius 3 is 2.65 bits per heavy atom. The van der Waals surface area contributed by atoms with Gasteiger partial charge in [0, 0.05) is 24.5 Å². The lowest BCUT2D eigenvalue weighted by molar-refractivity contribution is -0.0911. The number of thiazole rings is 1. The summed E-state index contributed by atoms with van der Waals surface area (Å²) in [7, 11) is -4.01. The van der Waals surface area contributed by atoms with Gasteiger partial charge in [-0.1, -0.05) is 26.0 Å². The zero-order valence-electron chi connectivity index (χ0n) is 29.5. The molecule has 5 heterocycles. The average Bonchev–Trinajstić information content (AvgIpc) is 3.91. The standard InChI is InChI=1S/C36H45N3O10S2/c1-22(2)16-38(51(41,42)27-10-11-30-31(15-27)47-21-46-30)17-32-29(14-24-6-8-26(9-7-24)44-18-25-20-50-23(3)37-25)39(36(4,5)49-32)35(40)48-33-19-45-34-28(33)12-13-43-34/h6-11,15,20,22,28-29,32-34H,12-14,16-19,21H2,1-5H3. The molecule has 276 valence electrons. The molecule has 13 nitrogen and oxygen atoms in total. The van der Waals surface area contributed by atoms with Crippen molar-refractivity contribution in [3.05, 3.63) is 64.1 Å². The molecular formula is C36H45N3O10S2. The van der Waals surface area contributed by atoms with Crippen molar-refractivity contribution in [2.24, 2.45) is 11.8 Å². The van der Waals surface area contributed by atoms with Crippen LogP contribution in [0.2, 0.25) is 0 Å². The first-order chi connectivity index (χ1) is 24.4. The van der Waals surface area contributed by atoms with E-state index in [0.29, 0.717) is 36.9 Å². The Bertz CT molecular complexity index is 1820. The van der Waals surface area contributed by atoms with Crippen molar-refractivity contribution < 1.29 is 46.4 Å². The largest absolute Gasteiger partial charge is 0.487 e. The fourth-order valence-corrected chi connectivity index (χ4v) is 9.43. The van der Waals surface area contributed by atoms with Gasteiger partial charge in [-0.25, -0.2) is 18.2 Å². The summed E-state index contributed by atoms with van der Waals surface area (Å²) in [6.45, 7) is 10.9. The number of aromatic nitrogens is 1. The fraction of sp³-hybridized carbons (Fsp3) is 0.556. The maximum atomic E-state index is 14.3. The van der Waals surface area contributed by atoms with Gasteiger partial charge in [-0.3, -0.25) is 4.90 Å². The first-order valence-corrected chi connectivity index (χ1v) is 19.6. The molecular weight excluding hydrogens is 699 g/mol. The minimum atomic E-state index is -4.01. The van der Waals surface area contributed by atoms with Gasteiger partial charge < -0.3 is 33.2 Å². The second-order valence-corrected chi connectivity index (χ2v) is 17.2. The van der Waals surface area contributed by atoms with Crippen molar-refractivity contribution in [3.8, 4) is 17.2 Å². The van der Waals surface area contributed by atoms with Gasteiger partial charge in [0.05, 0.1) is 46.9 Å². The first-order valence-electron chi connectivity index (χ1n) is 17.3. The zero-order valence-corrected chi connectivity index (χ0v) is 31.1. The molecule has 4 aliphatic heterocycles. The number of carbonyl (C=O) groups is 1. The van der Waals surface area contributed by atoms with Crippen LogP contribution < -0.4 is 14.2 Å². The van der Waals surface area contributed by atoms with Gasteiger partial charge in [0.2, 0.25) is 16.8 Å². The third-order valence-electron chi connectivity index (χ3n) is 9.57. The van der Waals surface area contributed by atoms with Gasteiger partial charge in [0.25, 0.3) is 0 Å². The SMILES string of the molecule is Cc1nc(COc2ccc(CC3C(CN(CC(C)C)S(=O)(=O)c4ccc5c(c4)OCO5)OC(C)(C)N3C(=O)OC3COC4OCCC34)cc2)cs1. The summed E-state index contributed by atoms with van der Waals surface area (Å²) in [4.78, 5) is 20.3. The average molecular weight is 744 g/mol. The smallest absolute Gasteiger partial charge is 0.412 e. The molecule has 1 amide bonds. The van der Waals surface area contributed by atoms with Crippen molar-refractivity contribution in [3.63, 3.8) is 0 Å². The number of fused-ring (bicyclic) bond motifs is 2. The van der Waals surface area contributed by atoms with Crippen LogP contribution in [-0.2, 0) is 42.0 Å². The molecule has 15 heteroatoms. The number of aryl methyl sites for hydroxylation is 1. The summed E-state index contributed by atoms with van der Waals surface area (Å²) in [5.74, 6) is 1.53. The molecule has 0 bridgehead atoms. The topological polar surface area (TPSA) is 135 Å². The van der Waals surface area contributed by atoms with E-state index in [1.165, 1.54) is 16.4 Å². The quantitative estimate of drug-likeness (QED) is 0.238. The van der Waals surface area contributed by atoms with Crippen molar-refractivity contribution >= 4 is 27.5 Å². The van der Waals surface area contributed by atoms with E-state index >= 15 is 0 Å². The van der Waals surface area contributed by atoms with E-state index in [9.17, 15) is 13.2 Å². The molecule has 5 unspecified atom stereocenters. The van der Waals surface area contributed by atoms with Gasteiger partial charge in [-0.2, -0.15) is 4.31 Å². The van der Waals surface area contributed by atoms with Crippen molar-refractivity contribution in [1.82, 2.24) is 14.2 Å². The highest BCUT2D eigenvalue weighted by Gasteiger charge is 2.53. The Hall–Kier alpha value is -3.47. The number of ether oxygens (including phenoxy) is 7. The van der Waals surface area contributed by atoms with E-state index in [1.54, 1.807) is 22.3 Å². The van der Waals surface area contributed by atoms with Crippen LogP contribution in [0.15, 0.2) is 52.7 Å². The third-order valence-corrected chi connectivity index (χ3v) is 12.2. The number of rotatable bonds is 12. The Kier molecular flexibility index (Phi) is 10.2. The molecule has 0 radical (unpaired) electrons. The van der Waals surface area contributed by atoms with E-state index in [-0.39, 0.29) is 49.5 Å². The highest BCUT2D eigenvalue weighted by atomic mass is 32.2. The second-order valence-electron chi connectivity index (χ2n) is 14.2. The molecule has 0 saturated carbocycles. The highest BCUT2D eigenvalue weighted by molar-refractivity contribution is 7.89. The van der Waals surface area contributed by atoms with E-state index in [0.717, 1.165) is 22.7 Å². The summed E-state index contributed by atoms with van der Waals surface area (Å²) >= 11 is 1.58. The fourth-order valence-electron chi connectivity index (χ4n) is 7.20. The predicted octanol–water partition coefficient (Wildman–Crippen LogP) is 5.35. The number of hydrogen-bond acceptors (Lipinski definition) is 12. The van der Waals surface area contributed by atoms with Crippen molar-refractivity contribution in [2.75, 3.05) is 33.1 Å². The number of benzene rings is 2. The Morgan fingerprint density at radius 1 is 1.12 bits per heavy atom. The van der Waals surface area contributed by atoms with Gasteiger partial charge in [-0.05, 0) is 69.4 Å². The molecule has 0 aliphatic carbocycles. The van der Waals surface area contributed by atoms with Gasteiger partial charge in [-0.15, -0.1) is 11.3 Å².